The highest BCUT2D eigenvalue weighted by Crippen LogP contribution is 2.32. The normalized spacial score (nSPS) is 10.2. The molecular weight excluding hydrogens is 268 g/mol. The van der Waals surface area contributed by atoms with Gasteiger partial charge in [0.15, 0.2) is 10.9 Å². The zero-order chi connectivity index (χ0) is 14.7. The van der Waals surface area contributed by atoms with Crippen molar-refractivity contribution in [2.75, 3.05) is 0 Å². The molecule has 0 heterocycles. The highest BCUT2D eigenvalue weighted by atomic mass is 32.2. The molecule has 2 aromatic carbocycles. The van der Waals surface area contributed by atoms with E-state index in [2.05, 4.69) is 13.2 Å². The first-order valence-corrected chi connectivity index (χ1v) is 6.92. The Bertz CT molecular complexity index is 729. The summed E-state index contributed by atoms with van der Waals surface area (Å²) in [5, 5.41) is 1.89. The van der Waals surface area contributed by atoms with Crippen LogP contribution in [0, 0.1) is 0 Å². The molecule has 0 N–H and O–H groups in total. The molecule has 0 bridgehead atoms. The Morgan fingerprint density at radius 3 is 2.40 bits per heavy atom. The third-order valence-electron chi connectivity index (χ3n) is 2.94. The molecule has 0 spiro atoms. The van der Waals surface area contributed by atoms with Crippen molar-refractivity contribution in [3.8, 4) is 0 Å². The van der Waals surface area contributed by atoms with Gasteiger partial charge in [-0.15, -0.1) is 0 Å². The highest BCUT2D eigenvalue weighted by Gasteiger charge is 2.12. The van der Waals surface area contributed by atoms with Gasteiger partial charge in [-0.25, -0.2) is 0 Å². The van der Waals surface area contributed by atoms with Crippen LogP contribution in [0.3, 0.4) is 0 Å². The summed E-state index contributed by atoms with van der Waals surface area (Å²) in [4.78, 5) is 23.9. The first kappa shape index (κ1) is 14.3. The summed E-state index contributed by atoms with van der Waals surface area (Å²) in [6.45, 7) is 8.86. The molecular formula is C17H14O2S. The number of hydrogen-bond acceptors (Lipinski definition) is 3. The minimum Gasteiger partial charge on any atom is -0.289 e. The Kier molecular flexibility index (Phi) is 4.20. The van der Waals surface area contributed by atoms with E-state index in [1.165, 1.54) is 24.8 Å². The predicted octanol–water partition coefficient (Wildman–Crippen LogP) is 4.25. The monoisotopic (exact) mass is 282 g/mol. The minimum absolute atomic E-state index is 0.0314. The van der Waals surface area contributed by atoms with Gasteiger partial charge in [-0.1, -0.05) is 55.3 Å². The summed E-state index contributed by atoms with van der Waals surface area (Å²) >= 11 is 1.19. The summed E-state index contributed by atoms with van der Waals surface area (Å²) in [6, 6.07) is 11.4. The lowest BCUT2D eigenvalue weighted by Crippen LogP contribution is -1.97. The topological polar surface area (TPSA) is 34.1 Å². The van der Waals surface area contributed by atoms with E-state index < -0.39 is 0 Å². The smallest absolute Gasteiger partial charge is 0.190 e. The number of allylic oxidation sites excluding steroid dienone is 2. The first-order chi connectivity index (χ1) is 9.54. The molecule has 0 aliphatic heterocycles. The SMILES string of the molecule is C=CC(=O)C(=C)c1cccc2c(SC(C)=O)cccc12. The second-order valence-electron chi connectivity index (χ2n) is 4.30. The van der Waals surface area contributed by atoms with Gasteiger partial charge in [0.05, 0.1) is 0 Å². The molecule has 0 aromatic heterocycles. The van der Waals surface area contributed by atoms with Gasteiger partial charge in [0, 0.05) is 17.4 Å². The fourth-order valence-corrected chi connectivity index (χ4v) is 2.79. The van der Waals surface area contributed by atoms with E-state index in [0.717, 1.165) is 21.2 Å². The zero-order valence-electron chi connectivity index (χ0n) is 11.2. The van der Waals surface area contributed by atoms with Crippen LogP contribution in [0.15, 0.2) is 60.5 Å². The van der Waals surface area contributed by atoms with Crippen LogP contribution in [0.4, 0.5) is 0 Å². The van der Waals surface area contributed by atoms with Crippen molar-refractivity contribution in [1.82, 2.24) is 0 Å². The Hall–Kier alpha value is -2.13. The van der Waals surface area contributed by atoms with E-state index in [1.807, 2.05) is 36.4 Å². The zero-order valence-corrected chi connectivity index (χ0v) is 12.0. The van der Waals surface area contributed by atoms with Crippen molar-refractivity contribution in [3.05, 3.63) is 61.2 Å². The lowest BCUT2D eigenvalue weighted by molar-refractivity contribution is -0.110. The molecule has 0 saturated heterocycles. The van der Waals surface area contributed by atoms with Crippen molar-refractivity contribution in [2.24, 2.45) is 0 Å². The van der Waals surface area contributed by atoms with Gasteiger partial charge in [-0.3, -0.25) is 9.59 Å². The maximum atomic E-state index is 11.7. The highest BCUT2D eigenvalue weighted by molar-refractivity contribution is 8.13. The van der Waals surface area contributed by atoms with Crippen LogP contribution in [0.25, 0.3) is 16.3 Å². The fraction of sp³-hybridized carbons (Fsp3) is 0.0588. The Morgan fingerprint density at radius 2 is 1.75 bits per heavy atom. The lowest BCUT2D eigenvalue weighted by atomic mass is 9.97. The predicted molar refractivity (Wildman–Crippen MR) is 84.7 cm³/mol. The maximum absolute atomic E-state index is 11.7. The van der Waals surface area contributed by atoms with Crippen LogP contribution in [0.2, 0.25) is 0 Å². The van der Waals surface area contributed by atoms with Gasteiger partial charge >= 0.3 is 0 Å². The molecule has 3 heteroatoms. The molecule has 2 nitrogen and oxygen atoms in total. The molecule has 0 atom stereocenters. The summed E-state index contributed by atoms with van der Waals surface area (Å²) < 4.78 is 0. The Morgan fingerprint density at radius 1 is 1.10 bits per heavy atom. The van der Waals surface area contributed by atoms with Crippen molar-refractivity contribution >= 4 is 39.0 Å². The van der Waals surface area contributed by atoms with E-state index in [9.17, 15) is 9.59 Å². The summed E-state index contributed by atoms with van der Waals surface area (Å²) in [7, 11) is 0. The maximum Gasteiger partial charge on any atom is 0.190 e. The van der Waals surface area contributed by atoms with Crippen LogP contribution >= 0.6 is 11.8 Å². The number of fused-ring (bicyclic) bond motifs is 1. The van der Waals surface area contributed by atoms with Crippen LogP contribution in [0.1, 0.15) is 12.5 Å². The minimum atomic E-state index is -0.192. The van der Waals surface area contributed by atoms with Gasteiger partial charge in [-0.05, 0) is 28.5 Å². The van der Waals surface area contributed by atoms with Gasteiger partial charge in [-0.2, -0.15) is 0 Å². The molecule has 0 radical (unpaired) electrons. The Labute approximate surface area is 122 Å². The van der Waals surface area contributed by atoms with E-state index in [-0.39, 0.29) is 10.9 Å². The number of carbonyl (C=O) groups excluding carboxylic acids is 2. The van der Waals surface area contributed by atoms with Crippen molar-refractivity contribution in [2.45, 2.75) is 11.8 Å². The third kappa shape index (κ3) is 2.73. The average Bonchev–Trinajstić information content (AvgIpc) is 2.45. The molecule has 0 fully saturated rings. The summed E-state index contributed by atoms with van der Waals surface area (Å²) in [5.74, 6) is -0.192. The Balaban J connectivity index is 2.64. The van der Waals surface area contributed by atoms with E-state index in [4.69, 9.17) is 0 Å². The molecule has 0 unspecified atom stereocenters. The summed E-state index contributed by atoms with van der Waals surface area (Å²) in [6.07, 6.45) is 1.26. The van der Waals surface area contributed by atoms with Crippen molar-refractivity contribution < 1.29 is 9.59 Å². The van der Waals surface area contributed by atoms with Gasteiger partial charge < -0.3 is 0 Å². The van der Waals surface area contributed by atoms with Crippen LogP contribution in [-0.2, 0) is 9.59 Å². The largest absolute Gasteiger partial charge is 0.289 e. The molecule has 0 amide bonds. The van der Waals surface area contributed by atoms with E-state index in [0.29, 0.717) is 5.57 Å². The number of thioether (sulfide) groups is 1. The standard InChI is InChI=1S/C17H14O2S/c1-4-16(19)11(2)13-7-5-9-15-14(13)8-6-10-17(15)20-12(3)18/h4-10H,1-2H2,3H3. The van der Waals surface area contributed by atoms with Gasteiger partial charge in [0.25, 0.3) is 0 Å². The van der Waals surface area contributed by atoms with E-state index >= 15 is 0 Å². The molecule has 20 heavy (non-hydrogen) atoms. The van der Waals surface area contributed by atoms with Crippen molar-refractivity contribution in [1.29, 1.82) is 0 Å². The molecule has 0 aliphatic carbocycles. The number of carbonyl (C=O) groups is 2. The fourth-order valence-electron chi connectivity index (χ4n) is 2.04. The van der Waals surface area contributed by atoms with Crippen LogP contribution in [-0.4, -0.2) is 10.9 Å². The van der Waals surface area contributed by atoms with Gasteiger partial charge in [0.1, 0.15) is 0 Å². The number of benzene rings is 2. The van der Waals surface area contributed by atoms with Crippen LogP contribution in [0.5, 0.6) is 0 Å². The quantitative estimate of drug-likeness (QED) is 0.621. The lowest BCUT2D eigenvalue weighted by Gasteiger charge is -2.10. The van der Waals surface area contributed by atoms with Crippen molar-refractivity contribution in [3.63, 3.8) is 0 Å². The molecule has 2 rings (SSSR count). The molecule has 2 aromatic rings. The van der Waals surface area contributed by atoms with Gasteiger partial charge in [0.2, 0.25) is 0 Å². The summed E-state index contributed by atoms with van der Waals surface area (Å²) in [5.41, 5.74) is 1.19. The molecule has 0 aliphatic rings. The van der Waals surface area contributed by atoms with Crippen LogP contribution < -0.4 is 0 Å². The second kappa shape index (κ2) is 5.88. The third-order valence-corrected chi connectivity index (χ3v) is 3.81. The average molecular weight is 282 g/mol. The van der Waals surface area contributed by atoms with E-state index in [1.54, 1.807) is 0 Å². The number of rotatable bonds is 4. The second-order valence-corrected chi connectivity index (χ2v) is 5.52. The molecule has 100 valence electrons. The number of hydrogen-bond donors (Lipinski definition) is 0. The first-order valence-electron chi connectivity index (χ1n) is 6.11. The number of ketones is 1. The molecule has 0 saturated carbocycles.